The normalized spacial score (nSPS) is 21.1. The van der Waals surface area contributed by atoms with Crippen molar-refractivity contribution >= 4 is 68.6 Å². The lowest BCUT2D eigenvalue weighted by atomic mass is 9.33. The highest BCUT2D eigenvalue weighted by molar-refractivity contribution is 7.00. The van der Waals surface area contributed by atoms with Gasteiger partial charge in [-0.25, -0.2) is 0 Å². The van der Waals surface area contributed by atoms with Crippen molar-refractivity contribution in [3.8, 4) is 11.1 Å². The molecule has 1 saturated carbocycles. The van der Waals surface area contributed by atoms with Crippen LogP contribution in [0.25, 0.3) is 11.1 Å². The molecule has 4 heteroatoms. The average molecular weight is 1140 g/mol. The monoisotopic (exact) mass is 1140 g/mol. The molecule has 2 unspecified atom stereocenters. The molecule has 0 saturated heterocycles. The topological polar surface area (TPSA) is 9.72 Å². The molecule has 6 aliphatic rings. The molecule has 0 aromatic heterocycles. The van der Waals surface area contributed by atoms with Gasteiger partial charge in [0.15, 0.2) is 0 Å². The van der Waals surface area contributed by atoms with E-state index in [9.17, 15) is 0 Å². The van der Waals surface area contributed by atoms with Gasteiger partial charge < -0.3 is 14.7 Å². The maximum atomic E-state index is 2.82. The van der Waals surface area contributed by atoms with Crippen LogP contribution in [-0.4, -0.2) is 12.3 Å². The zero-order chi connectivity index (χ0) is 61.1. The third kappa shape index (κ3) is 7.67. The molecule has 3 aliphatic heterocycles. The number of fused-ring (bicyclic) bond motifs is 11. The summed E-state index contributed by atoms with van der Waals surface area (Å²) in [6.45, 7) is 41.3. The van der Waals surface area contributed by atoms with Crippen molar-refractivity contribution in [1.29, 1.82) is 0 Å². The van der Waals surface area contributed by atoms with Gasteiger partial charge in [-0.15, -0.1) is 0 Å². The molecule has 15 rings (SSSR count). The van der Waals surface area contributed by atoms with E-state index in [-0.39, 0.29) is 50.2 Å². The number of aryl methyl sites for hydroxylation is 1. The largest absolute Gasteiger partial charge is 0.334 e. The second-order valence-electron chi connectivity index (χ2n) is 31.8. The highest BCUT2D eigenvalue weighted by Gasteiger charge is 2.58. The first-order chi connectivity index (χ1) is 41.1. The third-order valence-corrected chi connectivity index (χ3v) is 23.3. The summed E-state index contributed by atoms with van der Waals surface area (Å²) in [6.07, 6.45) is 4.79. The molecule has 87 heavy (non-hydrogen) atoms. The Morgan fingerprint density at radius 2 is 0.862 bits per heavy atom. The summed E-state index contributed by atoms with van der Waals surface area (Å²) in [5, 5.41) is 0. The van der Waals surface area contributed by atoms with E-state index in [1.54, 1.807) is 0 Å². The fourth-order valence-electron chi connectivity index (χ4n) is 18.0. The van der Waals surface area contributed by atoms with Gasteiger partial charge in [-0.3, -0.25) is 0 Å². The number of benzene rings is 9. The van der Waals surface area contributed by atoms with Crippen LogP contribution in [-0.2, 0) is 37.9 Å². The Morgan fingerprint density at radius 3 is 1.47 bits per heavy atom. The van der Waals surface area contributed by atoms with E-state index < -0.39 is 0 Å². The van der Waals surface area contributed by atoms with Gasteiger partial charge in [-0.05, 0) is 187 Å². The Kier molecular flexibility index (Phi) is 11.8. The third-order valence-electron chi connectivity index (χ3n) is 23.3. The summed E-state index contributed by atoms with van der Waals surface area (Å²) >= 11 is 0. The second kappa shape index (κ2) is 18.3. The maximum absolute atomic E-state index is 2.82. The first-order valence-electron chi connectivity index (χ1n) is 32.7. The number of hydrogen-bond donors (Lipinski definition) is 0. The minimum absolute atomic E-state index is 0.0194. The lowest BCUT2D eigenvalue weighted by Gasteiger charge is -2.51. The molecule has 3 nitrogen and oxygen atoms in total. The highest BCUT2D eigenvalue weighted by Crippen LogP contribution is 2.63. The van der Waals surface area contributed by atoms with Crippen molar-refractivity contribution in [1.82, 2.24) is 0 Å². The fourth-order valence-corrected chi connectivity index (χ4v) is 18.0. The van der Waals surface area contributed by atoms with Crippen LogP contribution in [0.4, 0.5) is 45.5 Å². The molecule has 0 amide bonds. The van der Waals surface area contributed by atoms with E-state index in [1.165, 1.54) is 159 Å². The van der Waals surface area contributed by atoms with Crippen molar-refractivity contribution in [3.63, 3.8) is 0 Å². The minimum atomic E-state index is -0.253. The molecule has 3 heterocycles. The summed E-state index contributed by atoms with van der Waals surface area (Å²) in [4.78, 5) is 8.25. The Morgan fingerprint density at radius 1 is 0.368 bits per heavy atom. The van der Waals surface area contributed by atoms with Gasteiger partial charge in [0.05, 0.1) is 11.2 Å². The van der Waals surface area contributed by atoms with Gasteiger partial charge in [-0.1, -0.05) is 232 Å². The molecule has 0 radical (unpaired) electrons. The molecule has 2 atom stereocenters. The van der Waals surface area contributed by atoms with Crippen LogP contribution in [0.15, 0.2) is 176 Å². The van der Waals surface area contributed by atoms with Crippen LogP contribution >= 0.6 is 0 Å². The van der Waals surface area contributed by atoms with Crippen molar-refractivity contribution < 1.29 is 0 Å². The first kappa shape index (κ1) is 56.0. The van der Waals surface area contributed by atoms with Crippen molar-refractivity contribution in [3.05, 3.63) is 243 Å². The molecule has 9 aromatic carbocycles. The molecule has 1 fully saturated rings. The first-order valence-corrected chi connectivity index (χ1v) is 32.7. The van der Waals surface area contributed by atoms with E-state index in [1.807, 2.05) is 0 Å². The summed E-state index contributed by atoms with van der Waals surface area (Å²) in [7, 11) is 0. The summed E-state index contributed by atoms with van der Waals surface area (Å²) in [6, 6.07) is 70.4. The quantitative estimate of drug-likeness (QED) is 0.163. The van der Waals surface area contributed by atoms with Crippen molar-refractivity contribution in [2.24, 2.45) is 0 Å². The lowest BCUT2D eigenvalue weighted by Crippen LogP contribution is -2.62. The number of nitrogens with zero attached hydrogens (tertiary/aromatic N) is 3. The van der Waals surface area contributed by atoms with Crippen LogP contribution in [0.3, 0.4) is 0 Å². The summed E-state index contributed by atoms with van der Waals surface area (Å²) in [5.74, 6) is 0. The predicted octanol–water partition coefficient (Wildman–Crippen LogP) is 20.0. The van der Waals surface area contributed by atoms with Gasteiger partial charge in [0, 0.05) is 72.5 Å². The van der Waals surface area contributed by atoms with Crippen LogP contribution in [0.5, 0.6) is 0 Å². The lowest BCUT2D eigenvalue weighted by molar-refractivity contribution is 0.195. The van der Waals surface area contributed by atoms with Gasteiger partial charge in [0.1, 0.15) is 0 Å². The molecule has 0 N–H and O–H groups in total. The molecular formula is C83H88BN3. The molecule has 3 aliphatic carbocycles. The average Bonchev–Trinajstić information content (AvgIpc) is 1.49. The molecule has 438 valence electrons. The Hall–Kier alpha value is -7.56. The predicted molar refractivity (Wildman–Crippen MR) is 372 cm³/mol. The van der Waals surface area contributed by atoms with Gasteiger partial charge in [0.2, 0.25) is 0 Å². The van der Waals surface area contributed by atoms with Crippen molar-refractivity contribution in [2.75, 3.05) is 14.7 Å². The zero-order valence-corrected chi connectivity index (χ0v) is 55.0. The number of anilines is 8. The van der Waals surface area contributed by atoms with E-state index in [2.05, 4.69) is 308 Å². The van der Waals surface area contributed by atoms with E-state index in [0.29, 0.717) is 0 Å². The van der Waals surface area contributed by atoms with Crippen LogP contribution in [0, 0.1) is 6.92 Å². The van der Waals surface area contributed by atoms with Crippen LogP contribution in [0.1, 0.15) is 203 Å². The van der Waals surface area contributed by atoms with E-state index in [0.717, 1.165) is 6.42 Å². The SMILES string of the molecule is Cc1cc2c3c(c1)N(c1ccc(C(C)(C)C)cc1-c1ccccc1)c1cc(N4c5ccc(C(C)(C)C)cc5C5(C)CCCCC45C)ccc1B3c1cc3c(cc1N2c1ccc2c(c1)C(C)(C)c1ccccc1C2(C)C)C(C)(C)c1ccccc1C3(C)C. The summed E-state index contributed by atoms with van der Waals surface area (Å²) in [5.41, 5.74) is 32.3. The van der Waals surface area contributed by atoms with E-state index in [4.69, 9.17) is 0 Å². The zero-order valence-electron chi connectivity index (χ0n) is 55.0. The Bertz CT molecular complexity index is 4390. The van der Waals surface area contributed by atoms with Gasteiger partial charge >= 0.3 is 0 Å². The number of rotatable bonds is 4. The number of hydrogen-bond acceptors (Lipinski definition) is 3. The second-order valence-corrected chi connectivity index (χ2v) is 31.8. The maximum Gasteiger partial charge on any atom is 0.252 e. The minimum Gasteiger partial charge on any atom is -0.334 e. The van der Waals surface area contributed by atoms with Crippen molar-refractivity contribution in [2.45, 2.75) is 187 Å². The van der Waals surface area contributed by atoms with Crippen LogP contribution in [0.2, 0.25) is 0 Å². The van der Waals surface area contributed by atoms with Crippen LogP contribution < -0.4 is 31.1 Å². The Labute approximate surface area is 521 Å². The molecule has 0 spiro atoms. The Balaban J connectivity index is 1.05. The molecule has 0 bridgehead atoms. The highest BCUT2D eigenvalue weighted by atomic mass is 15.3. The fraction of sp³-hybridized carbons (Fsp3) is 0.349. The molecule has 9 aromatic rings. The van der Waals surface area contributed by atoms with E-state index >= 15 is 0 Å². The standard InChI is InChI=1S/C83H88BN3/c1-51-43-73-75-74(44-51)86(69-39-33-53(76(2,3)4)45-57(69)52-27-19-18-20-28-52)71-48-56(87-70-40-34-54(77(5,6)7)46-66(70)82(16)41-25-26-42-83(82,87)17)36-38-67(71)84(75)68-49-64-65(81(14,15)61-32-24-23-31-60(61)80(64,12)13)50-72(68)85(73)55-35-37-62-63(47-55)79(10,11)59-30-22-21-29-58(59)78(62,8)9/h18-24,27-40,43-50H,25-26,41-42H2,1-17H3. The van der Waals surface area contributed by atoms with Gasteiger partial charge in [0.25, 0.3) is 6.71 Å². The van der Waals surface area contributed by atoms with Gasteiger partial charge in [-0.2, -0.15) is 0 Å². The smallest absolute Gasteiger partial charge is 0.252 e. The molecular weight excluding hydrogens is 1050 g/mol. The summed E-state index contributed by atoms with van der Waals surface area (Å²) < 4.78 is 0.